The summed E-state index contributed by atoms with van der Waals surface area (Å²) in [4.78, 5) is 11.1. The first kappa shape index (κ1) is 7.90. The van der Waals surface area contributed by atoms with Gasteiger partial charge in [-0.25, -0.2) is 15.0 Å². The summed E-state index contributed by atoms with van der Waals surface area (Å²) >= 11 is 5.46. The van der Waals surface area contributed by atoms with Gasteiger partial charge in [-0.1, -0.05) is 11.6 Å². The number of hydrogen-bond donors (Lipinski definition) is 2. The highest BCUT2D eigenvalue weighted by atomic mass is 35.5. The molecule has 1 heterocycles. The molecule has 0 saturated carbocycles. The number of hydroxylamine groups is 1. The van der Waals surface area contributed by atoms with Crippen LogP contribution in [0.5, 0.6) is 0 Å². The maximum Gasteiger partial charge on any atom is 0.172 e. The minimum absolute atomic E-state index is 0.306. The van der Waals surface area contributed by atoms with Crippen LogP contribution in [0, 0.1) is 0 Å². The Balaban J connectivity index is 2.73. The minimum Gasteiger partial charge on any atom is -0.290 e. The number of aliphatic imine (C=N–C) groups is 1. The average Bonchev–Trinajstić information content (AvgIpc) is 2.04. The van der Waals surface area contributed by atoms with E-state index in [2.05, 4.69) is 15.0 Å². The molecule has 11 heavy (non-hydrogen) atoms. The van der Waals surface area contributed by atoms with Crippen LogP contribution in [-0.2, 0) is 0 Å². The zero-order valence-corrected chi connectivity index (χ0v) is 6.15. The van der Waals surface area contributed by atoms with Crippen molar-refractivity contribution in [1.82, 2.24) is 15.4 Å². The highest BCUT2D eigenvalue weighted by Crippen LogP contribution is 2.06. The van der Waals surface area contributed by atoms with Crippen LogP contribution in [0.4, 0.5) is 5.82 Å². The number of rotatable bonds is 2. The van der Waals surface area contributed by atoms with E-state index in [1.165, 1.54) is 12.4 Å². The molecule has 0 aliphatic rings. The topological polar surface area (TPSA) is 70.4 Å². The van der Waals surface area contributed by atoms with Gasteiger partial charge in [-0.05, 0) is 0 Å². The normalized spacial score (nSPS) is 10.4. The van der Waals surface area contributed by atoms with Crippen molar-refractivity contribution < 1.29 is 5.21 Å². The van der Waals surface area contributed by atoms with Gasteiger partial charge in [0.25, 0.3) is 0 Å². The number of nitrogens with zero attached hydrogens (tertiary/aromatic N) is 3. The molecule has 0 unspecified atom stereocenters. The second kappa shape index (κ2) is 3.85. The lowest BCUT2D eigenvalue weighted by Crippen LogP contribution is -2.01. The summed E-state index contributed by atoms with van der Waals surface area (Å²) < 4.78 is 0. The smallest absolute Gasteiger partial charge is 0.172 e. The van der Waals surface area contributed by atoms with Crippen LogP contribution in [-0.4, -0.2) is 21.5 Å². The van der Waals surface area contributed by atoms with Crippen molar-refractivity contribution in [2.24, 2.45) is 4.99 Å². The molecular weight excluding hydrogens is 168 g/mol. The molecule has 0 bridgehead atoms. The molecule has 0 fully saturated rings. The van der Waals surface area contributed by atoms with Gasteiger partial charge in [-0.15, -0.1) is 0 Å². The highest BCUT2D eigenvalue weighted by molar-refractivity contribution is 6.29. The van der Waals surface area contributed by atoms with Crippen LogP contribution in [0.25, 0.3) is 0 Å². The number of aromatic nitrogens is 2. The molecule has 1 rings (SSSR count). The fourth-order valence-electron chi connectivity index (χ4n) is 0.467. The van der Waals surface area contributed by atoms with Crippen molar-refractivity contribution in [3.8, 4) is 0 Å². The van der Waals surface area contributed by atoms with Crippen molar-refractivity contribution in [3.05, 3.63) is 17.5 Å². The first-order chi connectivity index (χ1) is 5.33. The summed E-state index contributed by atoms with van der Waals surface area (Å²) in [6, 6.07) is 0. The maximum atomic E-state index is 8.11. The summed E-state index contributed by atoms with van der Waals surface area (Å²) in [5.41, 5.74) is 1.74. The lowest BCUT2D eigenvalue weighted by Gasteiger charge is -1.90. The molecule has 6 heteroatoms. The SMILES string of the molecule is ON/C=N/c1cnc(Cl)cn1. The quantitative estimate of drug-likeness (QED) is 0.393. The number of nitrogens with one attached hydrogen (secondary N) is 1. The van der Waals surface area contributed by atoms with Gasteiger partial charge in [-0.3, -0.25) is 10.7 Å². The van der Waals surface area contributed by atoms with E-state index < -0.39 is 0 Å². The van der Waals surface area contributed by atoms with E-state index in [0.29, 0.717) is 11.0 Å². The summed E-state index contributed by atoms with van der Waals surface area (Å²) in [6.45, 7) is 0. The molecule has 1 aromatic heterocycles. The van der Waals surface area contributed by atoms with Crippen LogP contribution in [0.3, 0.4) is 0 Å². The van der Waals surface area contributed by atoms with E-state index in [1.807, 2.05) is 0 Å². The van der Waals surface area contributed by atoms with Crippen LogP contribution >= 0.6 is 11.6 Å². The fraction of sp³-hybridized carbons (Fsp3) is 0. The Labute approximate surface area is 67.7 Å². The molecule has 5 nitrogen and oxygen atoms in total. The molecule has 0 radical (unpaired) electrons. The molecule has 0 atom stereocenters. The van der Waals surface area contributed by atoms with Crippen LogP contribution in [0.1, 0.15) is 0 Å². The predicted octanol–water partition coefficient (Wildman–Crippen LogP) is 0.769. The van der Waals surface area contributed by atoms with Gasteiger partial charge in [0.15, 0.2) is 5.82 Å². The van der Waals surface area contributed by atoms with Gasteiger partial charge < -0.3 is 0 Å². The Hall–Kier alpha value is -1.20. The molecule has 58 valence electrons. The van der Waals surface area contributed by atoms with E-state index >= 15 is 0 Å². The van der Waals surface area contributed by atoms with Gasteiger partial charge >= 0.3 is 0 Å². The molecule has 0 aromatic carbocycles. The van der Waals surface area contributed by atoms with Crippen molar-refractivity contribution in [2.75, 3.05) is 0 Å². The molecular formula is C5H5ClN4O. The zero-order chi connectivity index (χ0) is 8.10. The van der Waals surface area contributed by atoms with E-state index in [0.717, 1.165) is 6.34 Å². The lowest BCUT2D eigenvalue weighted by atomic mass is 10.7. The first-order valence-electron chi connectivity index (χ1n) is 2.72. The Morgan fingerprint density at radius 2 is 2.36 bits per heavy atom. The average molecular weight is 173 g/mol. The van der Waals surface area contributed by atoms with Gasteiger partial charge in [0, 0.05) is 0 Å². The Bertz CT molecular complexity index is 247. The van der Waals surface area contributed by atoms with Crippen molar-refractivity contribution in [3.63, 3.8) is 0 Å². The molecule has 0 saturated heterocycles. The van der Waals surface area contributed by atoms with Gasteiger partial charge in [0.1, 0.15) is 11.5 Å². The molecule has 0 spiro atoms. The summed E-state index contributed by atoms with van der Waals surface area (Å²) in [6.07, 6.45) is 3.83. The van der Waals surface area contributed by atoms with Crippen molar-refractivity contribution in [1.29, 1.82) is 0 Å². The van der Waals surface area contributed by atoms with Crippen LogP contribution in [0.15, 0.2) is 17.4 Å². The molecule has 1 aromatic rings. The lowest BCUT2D eigenvalue weighted by molar-refractivity contribution is 0.240. The van der Waals surface area contributed by atoms with Gasteiger partial charge in [-0.2, -0.15) is 0 Å². The van der Waals surface area contributed by atoms with E-state index in [-0.39, 0.29) is 0 Å². The highest BCUT2D eigenvalue weighted by Gasteiger charge is 1.89. The van der Waals surface area contributed by atoms with E-state index in [1.54, 1.807) is 5.48 Å². The van der Waals surface area contributed by atoms with Crippen molar-refractivity contribution >= 4 is 23.8 Å². The number of halogens is 1. The Morgan fingerprint density at radius 1 is 1.55 bits per heavy atom. The van der Waals surface area contributed by atoms with Gasteiger partial charge in [0.2, 0.25) is 0 Å². The second-order valence-corrected chi connectivity index (χ2v) is 1.97. The van der Waals surface area contributed by atoms with Crippen LogP contribution < -0.4 is 5.48 Å². The third-order valence-electron chi connectivity index (χ3n) is 0.861. The Kier molecular flexibility index (Phi) is 2.76. The fourth-order valence-corrected chi connectivity index (χ4v) is 0.565. The van der Waals surface area contributed by atoms with Crippen molar-refractivity contribution in [2.45, 2.75) is 0 Å². The summed E-state index contributed by atoms with van der Waals surface area (Å²) in [5.74, 6) is 0.371. The molecule has 0 amide bonds. The molecule has 0 aliphatic heterocycles. The zero-order valence-electron chi connectivity index (χ0n) is 5.40. The first-order valence-corrected chi connectivity index (χ1v) is 3.10. The van der Waals surface area contributed by atoms with E-state index in [9.17, 15) is 0 Å². The third-order valence-corrected chi connectivity index (χ3v) is 1.06. The summed E-state index contributed by atoms with van der Waals surface area (Å²) in [7, 11) is 0. The minimum atomic E-state index is 0.306. The third kappa shape index (κ3) is 2.48. The van der Waals surface area contributed by atoms with Gasteiger partial charge in [0.05, 0.1) is 12.4 Å². The standard InChI is InChI=1S/C5H5ClN4O/c6-4-1-8-5(2-7-4)9-3-10-11/h1-3,11H,(H,8,9,10). The molecule has 0 aliphatic carbocycles. The summed E-state index contributed by atoms with van der Waals surface area (Å²) in [5, 5.41) is 8.42. The largest absolute Gasteiger partial charge is 0.290 e. The van der Waals surface area contributed by atoms with Crippen LogP contribution in [0.2, 0.25) is 5.15 Å². The number of hydrogen-bond acceptors (Lipinski definition) is 4. The second-order valence-electron chi connectivity index (χ2n) is 1.58. The van der Waals surface area contributed by atoms with E-state index in [4.69, 9.17) is 16.8 Å². The predicted molar refractivity (Wildman–Crippen MR) is 40.1 cm³/mol. The monoisotopic (exact) mass is 172 g/mol. The maximum absolute atomic E-state index is 8.11. The Morgan fingerprint density at radius 3 is 2.91 bits per heavy atom. The molecule has 2 N–H and O–H groups in total.